The summed E-state index contributed by atoms with van der Waals surface area (Å²) in [6.45, 7) is 0.750. The van der Waals surface area contributed by atoms with E-state index in [4.69, 9.17) is 0 Å². The molecule has 2 aromatic carbocycles. The molecule has 12 heteroatoms. The number of piperidine rings is 1. The SMILES string of the molecule is CC(F)(F)C1CCN2C(=O)c3c(O)c(=O)ccn3N([C@@H]3c4ccccc4-c4scc5c4-c4c3ccc(F)c4C(F)(F)C5)[C@@H]2C1. The molecule has 0 radical (unpaired) electrons. The fourth-order valence-corrected chi connectivity index (χ4v) is 8.67. The van der Waals surface area contributed by atoms with Gasteiger partial charge in [0, 0.05) is 47.2 Å². The van der Waals surface area contributed by atoms with Gasteiger partial charge in [-0.25, -0.2) is 22.0 Å². The van der Waals surface area contributed by atoms with Crippen molar-refractivity contribution in [1.82, 2.24) is 9.58 Å². The number of alkyl halides is 4. The molecule has 1 unspecified atom stereocenters. The molecule has 2 aliphatic carbocycles. The minimum absolute atomic E-state index is 0.0164. The normalized spacial score (nSPS) is 23.0. The molecule has 0 bridgehead atoms. The van der Waals surface area contributed by atoms with Crippen LogP contribution < -0.4 is 10.4 Å². The van der Waals surface area contributed by atoms with Gasteiger partial charge in [-0.3, -0.25) is 19.3 Å². The van der Waals surface area contributed by atoms with Crippen LogP contribution in [0.25, 0.3) is 21.6 Å². The first-order valence-corrected chi connectivity index (χ1v) is 15.1. The van der Waals surface area contributed by atoms with Crippen molar-refractivity contribution < 1.29 is 31.9 Å². The van der Waals surface area contributed by atoms with Gasteiger partial charge in [0.2, 0.25) is 11.4 Å². The van der Waals surface area contributed by atoms with Crippen LogP contribution in [0.5, 0.6) is 5.75 Å². The quantitative estimate of drug-likeness (QED) is 0.254. The lowest BCUT2D eigenvalue weighted by Crippen LogP contribution is -2.65. The van der Waals surface area contributed by atoms with Crippen molar-refractivity contribution >= 4 is 17.2 Å². The predicted molar refractivity (Wildman–Crippen MR) is 153 cm³/mol. The highest BCUT2D eigenvalue weighted by Crippen LogP contribution is 2.58. The molecular formula is C32H24F5N3O3S. The number of pyridine rings is 1. The molecular weight excluding hydrogens is 601 g/mol. The summed E-state index contributed by atoms with van der Waals surface area (Å²) in [6, 6.07) is 9.70. The van der Waals surface area contributed by atoms with Gasteiger partial charge in [0.15, 0.2) is 11.4 Å². The van der Waals surface area contributed by atoms with Gasteiger partial charge in [-0.15, -0.1) is 11.3 Å². The van der Waals surface area contributed by atoms with Crippen molar-refractivity contribution in [3.8, 4) is 27.3 Å². The summed E-state index contributed by atoms with van der Waals surface area (Å²) in [4.78, 5) is 28.4. The first kappa shape index (κ1) is 27.4. The maximum absolute atomic E-state index is 15.8. The van der Waals surface area contributed by atoms with E-state index in [0.29, 0.717) is 32.7 Å². The average molecular weight is 626 g/mol. The summed E-state index contributed by atoms with van der Waals surface area (Å²) < 4.78 is 77.9. The van der Waals surface area contributed by atoms with E-state index in [9.17, 15) is 23.5 Å². The number of thiophene rings is 1. The van der Waals surface area contributed by atoms with E-state index in [2.05, 4.69) is 0 Å². The van der Waals surface area contributed by atoms with Gasteiger partial charge in [-0.05, 0) is 53.5 Å². The number of carbonyl (C=O) groups is 1. The molecule has 2 aliphatic heterocycles. The number of rotatable bonds is 2. The van der Waals surface area contributed by atoms with Gasteiger partial charge in [0.25, 0.3) is 11.8 Å². The highest BCUT2D eigenvalue weighted by atomic mass is 32.1. The number of benzene rings is 2. The molecule has 0 spiro atoms. The van der Waals surface area contributed by atoms with Crippen molar-refractivity contribution in [3.05, 3.63) is 98.0 Å². The van der Waals surface area contributed by atoms with Crippen molar-refractivity contribution in [3.63, 3.8) is 0 Å². The third-order valence-electron chi connectivity index (χ3n) is 9.50. The summed E-state index contributed by atoms with van der Waals surface area (Å²) in [7, 11) is 0. The summed E-state index contributed by atoms with van der Waals surface area (Å²) in [5.74, 6) is -10.3. The Morgan fingerprint density at radius 1 is 1.05 bits per heavy atom. The number of fused-ring (bicyclic) bond motifs is 4. The second-order valence-electron chi connectivity index (χ2n) is 12.0. The van der Waals surface area contributed by atoms with Crippen molar-refractivity contribution in [2.24, 2.45) is 5.92 Å². The van der Waals surface area contributed by atoms with Crippen LogP contribution in [0.4, 0.5) is 22.0 Å². The van der Waals surface area contributed by atoms with Gasteiger partial charge >= 0.3 is 0 Å². The van der Waals surface area contributed by atoms with E-state index < -0.39 is 64.9 Å². The summed E-state index contributed by atoms with van der Waals surface area (Å²) in [6.07, 6.45) is -0.581. The van der Waals surface area contributed by atoms with Gasteiger partial charge in [-0.2, -0.15) is 0 Å². The molecule has 4 aliphatic rings. The van der Waals surface area contributed by atoms with Gasteiger partial charge in [0.05, 0.1) is 11.6 Å². The maximum atomic E-state index is 15.8. The number of hydrogen-bond donors (Lipinski definition) is 1. The van der Waals surface area contributed by atoms with Gasteiger partial charge in [-0.1, -0.05) is 30.3 Å². The Bertz CT molecular complexity index is 1970. The zero-order chi connectivity index (χ0) is 30.9. The number of aromatic nitrogens is 1. The van der Waals surface area contributed by atoms with E-state index in [1.54, 1.807) is 28.6 Å². The predicted octanol–water partition coefficient (Wildman–Crippen LogP) is 6.62. The fraction of sp³-hybridized carbons (Fsp3) is 0.312. The summed E-state index contributed by atoms with van der Waals surface area (Å²) in [5, 5.41) is 14.2. The summed E-state index contributed by atoms with van der Waals surface area (Å²) in [5.41, 5.74) is 0.661. The average Bonchev–Trinajstić information content (AvgIpc) is 3.34. The maximum Gasteiger partial charge on any atom is 0.280 e. The first-order chi connectivity index (χ1) is 20.9. The molecule has 226 valence electrons. The second kappa shape index (κ2) is 8.93. The molecule has 1 N–H and O–H groups in total. The van der Waals surface area contributed by atoms with Crippen LogP contribution >= 0.6 is 11.3 Å². The highest BCUT2D eigenvalue weighted by molar-refractivity contribution is 7.14. The Labute approximate surface area is 251 Å². The first-order valence-electron chi connectivity index (χ1n) is 14.2. The minimum atomic E-state index is -3.52. The van der Waals surface area contributed by atoms with Crippen LogP contribution in [-0.2, 0) is 12.3 Å². The third kappa shape index (κ3) is 3.57. The number of halogens is 5. The third-order valence-corrected chi connectivity index (χ3v) is 10.6. The van der Waals surface area contributed by atoms with E-state index in [0.717, 1.165) is 19.1 Å². The number of amides is 1. The Balaban J connectivity index is 1.48. The molecule has 8 rings (SSSR count). The molecule has 3 atom stereocenters. The van der Waals surface area contributed by atoms with E-state index >= 15 is 13.2 Å². The number of aromatic hydroxyl groups is 1. The number of hydrogen-bond acceptors (Lipinski definition) is 5. The van der Waals surface area contributed by atoms with Crippen LogP contribution in [0.15, 0.2) is 58.8 Å². The zero-order valence-corrected chi connectivity index (χ0v) is 24.0. The summed E-state index contributed by atoms with van der Waals surface area (Å²) >= 11 is 1.28. The topological polar surface area (TPSA) is 65.8 Å². The fourth-order valence-electron chi connectivity index (χ4n) is 7.54. The Morgan fingerprint density at radius 3 is 2.59 bits per heavy atom. The minimum Gasteiger partial charge on any atom is -0.502 e. The highest BCUT2D eigenvalue weighted by Gasteiger charge is 2.52. The van der Waals surface area contributed by atoms with Crippen LogP contribution in [0.3, 0.4) is 0 Å². The lowest BCUT2D eigenvalue weighted by molar-refractivity contribution is -0.0744. The van der Waals surface area contributed by atoms with Crippen LogP contribution in [0, 0.1) is 11.7 Å². The molecule has 6 nitrogen and oxygen atoms in total. The molecule has 4 heterocycles. The lowest BCUT2D eigenvalue weighted by Gasteiger charge is -2.53. The number of carbonyl (C=O) groups excluding carboxylic acids is 1. The van der Waals surface area contributed by atoms with Crippen LogP contribution in [-0.4, -0.2) is 39.2 Å². The Morgan fingerprint density at radius 2 is 1.82 bits per heavy atom. The molecule has 1 saturated heterocycles. The van der Waals surface area contributed by atoms with E-state index in [-0.39, 0.29) is 30.6 Å². The molecule has 44 heavy (non-hydrogen) atoms. The lowest BCUT2D eigenvalue weighted by atomic mass is 9.80. The standard InChI is InChI=1S/C32H24F5N3O3S/c1-31(34,35)16-8-10-38-22(12-16)40(39-11-9-21(41)28(42)27(39)30(38)43)26-17-4-2-3-5-18(17)29-23-15(14-44-29)13-32(36,37)25-20(33)7-6-19(26)24(23)25/h2-7,9,11,14,16,22,26,42H,8,10,12-13H2,1H3/t16?,22-,26-/m1/s1. The zero-order valence-electron chi connectivity index (χ0n) is 23.2. The Hall–Kier alpha value is -4.19. The van der Waals surface area contributed by atoms with Crippen LogP contribution in [0.2, 0.25) is 0 Å². The van der Waals surface area contributed by atoms with Crippen molar-refractivity contribution in [2.45, 2.75) is 50.2 Å². The monoisotopic (exact) mass is 625 g/mol. The number of nitrogens with zero attached hydrogens (tertiary/aromatic N) is 3. The van der Waals surface area contributed by atoms with E-state index in [1.165, 1.54) is 33.2 Å². The van der Waals surface area contributed by atoms with Crippen molar-refractivity contribution in [2.75, 3.05) is 11.6 Å². The molecule has 1 fully saturated rings. The second-order valence-corrected chi connectivity index (χ2v) is 12.9. The molecule has 1 amide bonds. The van der Waals surface area contributed by atoms with Gasteiger partial charge in [0.1, 0.15) is 12.0 Å². The molecule has 0 saturated carbocycles. The van der Waals surface area contributed by atoms with E-state index in [1.807, 2.05) is 6.07 Å². The van der Waals surface area contributed by atoms with Crippen molar-refractivity contribution in [1.29, 1.82) is 0 Å². The largest absolute Gasteiger partial charge is 0.502 e. The molecule has 2 aromatic heterocycles. The van der Waals surface area contributed by atoms with Crippen LogP contribution in [0.1, 0.15) is 58.5 Å². The smallest absolute Gasteiger partial charge is 0.280 e. The molecule has 4 aromatic rings. The van der Waals surface area contributed by atoms with Gasteiger partial charge < -0.3 is 10.0 Å². The Kier molecular flexibility index (Phi) is 5.56.